The predicted molar refractivity (Wildman–Crippen MR) is 134 cm³/mol. The molecule has 9 heteroatoms. The fraction of sp³-hybridized carbons (Fsp3) is 0.231. The number of nitrogens with one attached hydrogen (secondary N) is 2. The first-order valence-corrected chi connectivity index (χ1v) is 12.0. The summed E-state index contributed by atoms with van der Waals surface area (Å²) in [5.41, 5.74) is 2.01. The Morgan fingerprint density at radius 2 is 1.69 bits per heavy atom. The molecule has 2 N–H and O–H groups in total. The number of hydrogen-bond donors (Lipinski definition) is 2. The molecule has 0 aliphatic carbocycles. The Hall–Kier alpha value is -3.85. The summed E-state index contributed by atoms with van der Waals surface area (Å²) in [6.45, 7) is 1.38. The predicted octanol–water partition coefficient (Wildman–Crippen LogP) is 4.14. The van der Waals surface area contributed by atoms with Crippen LogP contribution in [0.1, 0.15) is 15.9 Å². The lowest BCUT2D eigenvalue weighted by Crippen LogP contribution is -2.24. The average Bonchev–Trinajstić information content (AvgIpc) is 2.90. The molecule has 8 nitrogen and oxygen atoms in total. The number of ether oxygens (including phenoxy) is 4. The van der Waals surface area contributed by atoms with Gasteiger partial charge in [-0.3, -0.25) is 9.59 Å². The third kappa shape index (κ3) is 6.19. The first-order valence-electron chi connectivity index (χ1n) is 11.0. The van der Waals surface area contributed by atoms with E-state index in [9.17, 15) is 9.59 Å². The van der Waals surface area contributed by atoms with Crippen molar-refractivity contribution in [1.29, 1.82) is 0 Å². The van der Waals surface area contributed by atoms with E-state index in [4.69, 9.17) is 18.9 Å². The minimum absolute atomic E-state index is 0.140. The van der Waals surface area contributed by atoms with E-state index >= 15 is 0 Å². The van der Waals surface area contributed by atoms with Crippen molar-refractivity contribution < 1.29 is 28.5 Å². The van der Waals surface area contributed by atoms with Crippen molar-refractivity contribution in [3.63, 3.8) is 0 Å². The number of amides is 2. The van der Waals surface area contributed by atoms with Crippen molar-refractivity contribution >= 4 is 29.3 Å². The van der Waals surface area contributed by atoms with Gasteiger partial charge in [-0.2, -0.15) is 0 Å². The van der Waals surface area contributed by atoms with E-state index < -0.39 is 0 Å². The third-order valence-corrected chi connectivity index (χ3v) is 6.29. The quantitative estimate of drug-likeness (QED) is 0.432. The van der Waals surface area contributed by atoms with Gasteiger partial charge in [0, 0.05) is 23.2 Å². The molecule has 2 amide bonds. The molecule has 0 unspecified atom stereocenters. The smallest absolute Gasteiger partial charge is 0.252 e. The maximum atomic E-state index is 12.9. The van der Waals surface area contributed by atoms with E-state index in [1.807, 2.05) is 30.3 Å². The lowest BCUT2D eigenvalue weighted by atomic mass is 10.1. The summed E-state index contributed by atoms with van der Waals surface area (Å²) in [4.78, 5) is 26.1. The zero-order valence-corrected chi connectivity index (χ0v) is 20.3. The van der Waals surface area contributed by atoms with Crippen LogP contribution in [-0.4, -0.2) is 45.0 Å². The van der Waals surface area contributed by atoms with Gasteiger partial charge < -0.3 is 29.6 Å². The first-order chi connectivity index (χ1) is 17.1. The molecule has 3 aromatic carbocycles. The van der Waals surface area contributed by atoms with Crippen molar-refractivity contribution in [2.24, 2.45) is 0 Å². The molecule has 0 spiro atoms. The molecule has 1 aliphatic heterocycles. The highest BCUT2D eigenvalue weighted by Crippen LogP contribution is 2.31. The van der Waals surface area contributed by atoms with Crippen LogP contribution in [0.5, 0.6) is 23.0 Å². The van der Waals surface area contributed by atoms with Crippen LogP contribution in [0.4, 0.5) is 5.69 Å². The minimum atomic E-state index is -0.219. The molecule has 1 aliphatic rings. The van der Waals surface area contributed by atoms with Crippen LogP contribution in [0.15, 0.2) is 65.6 Å². The fourth-order valence-electron chi connectivity index (χ4n) is 3.51. The summed E-state index contributed by atoms with van der Waals surface area (Å²) in [7, 11) is 3.09. The van der Waals surface area contributed by atoms with Crippen molar-refractivity contribution in [2.75, 3.05) is 38.5 Å². The van der Waals surface area contributed by atoms with Gasteiger partial charge in [0.25, 0.3) is 5.91 Å². The molecule has 35 heavy (non-hydrogen) atoms. The topological polar surface area (TPSA) is 95.1 Å². The highest BCUT2D eigenvalue weighted by Gasteiger charge is 2.15. The van der Waals surface area contributed by atoms with Gasteiger partial charge >= 0.3 is 0 Å². The summed E-state index contributed by atoms with van der Waals surface area (Å²) in [6, 6.07) is 18.0. The summed E-state index contributed by atoms with van der Waals surface area (Å²) >= 11 is 1.30. The number of carbonyl (C=O) groups is 2. The van der Waals surface area contributed by atoms with Gasteiger partial charge in [0.2, 0.25) is 5.91 Å². The molecule has 3 aromatic rings. The largest absolute Gasteiger partial charge is 0.493 e. The Morgan fingerprint density at radius 1 is 0.914 bits per heavy atom. The van der Waals surface area contributed by atoms with Gasteiger partial charge in [-0.05, 0) is 42.0 Å². The zero-order valence-electron chi connectivity index (χ0n) is 19.5. The highest BCUT2D eigenvalue weighted by molar-refractivity contribution is 8.00. The Morgan fingerprint density at radius 3 is 2.49 bits per heavy atom. The second-order valence-electron chi connectivity index (χ2n) is 7.56. The Bertz CT molecular complexity index is 1220. The maximum Gasteiger partial charge on any atom is 0.252 e. The molecule has 0 radical (unpaired) electrons. The standard InChI is InChI=1S/C26H26N2O6S/c1-31-20-10-8-18(14-22(20)32-2)28-25(29)16-35-24-6-4-3-5-19(24)26(30)27-15-17-7-9-21-23(13-17)34-12-11-33-21/h3-10,13-14H,11-12,15-16H2,1-2H3,(H,27,30)(H,28,29). The summed E-state index contributed by atoms with van der Waals surface area (Å²) in [5.74, 6) is 2.21. The number of benzene rings is 3. The Balaban J connectivity index is 1.34. The second-order valence-corrected chi connectivity index (χ2v) is 8.58. The molecular formula is C26H26N2O6S. The van der Waals surface area contributed by atoms with Gasteiger partial charge in [0.1, 0.15) is 13.2 Å². The van der Waals surface area contributed by atoms with Crippen molar-refractivity contribution in [1.82, 2.24) is 5.32 Å². The van der Waals surface area contributed by atoms with Crippen molar-refractivity contribution in [3.8, 4) is 23.0 Å². The van der Waals surface area contributed by atoms with E-state index in [1.54, 1.807) is 37.4 Å². The number of hydrogen-bond acceptors (Lipinski definition) is 7. The van der Waals surface area contributed by atoms with Crippen molar-refractivity contribution in [2.45, 2.75) is 11.4 Å². The van der Waals surface area contributed by atoms with E-state index in [0.717, 1.165) is 10.5 Å². The monoisotopic (exact) mass is 494 g/mol. The highest BCUT2D eigenvalue weighted by atomic mass is 32.2. The van der Waals surface area contributed by atoms with Crippen LogP contribution in [0.3, 0.4) is 0 Å². The van der Waals surface area contributed by atoms with Gasteiger partial charge in [-0.25, -0.2) is 0 Å². The van der Waals surface area contributed by atoms with Gasteiger partial charge in [-0.1, -0.05) is 18.2 Å². The number of carbonyl (C=O) groups excluding carboxylic acids is 2. The Kier molecular flexibility index (Phi) is 7.99. The normalized spacial score (nSPS) is 11.9. The molecule has 1 heterocycles. The summed E-state index contributed by atoms with van der Waals surface area (Å²) in [6.07, 6.45) is 0. The number of rotatable bonds is 9. The van der Waals surface area contributed by atoms with Crippen LogP contribution in [0.2, 0.25) is 0 Å². The third-order valence-electron chi connectivity index (χ3n) is 5.22. The van der Waals surface area contributed by atoms with Gasteiger partial charge in [0.15, 0.2) is 23.0 Å². The van der Waals surface area contributed by atoms with E-state index in [-0.39, 0.29) is 17.6 Å². The summed E-state index contributed by atoms with van der Waals surface area (Å²) < 4.78 is 21.6. The number of fused-ring (bicyclic) bond motifs is 1. The fourth-order valence-corrected chi connectivity index (χ4v) is 4.36. The molecule has 182 valence electrons. The lowest BCUT2D eigenvalue weighted by molar-refractivity contribution is -0.113. The molecule has 0 saturated heterocycles. The maximum absolute atomic E-state index is 12.9. The summed E-state index contributed by atoms with van der Waals surface area (Å²) in [5, 5.41) is 5.78. The van der Waals surface area contributed by atoms with Crippen molar-refractivity contribution in [3.05, 3.63) is 71.8 Å². The van der Waals surface area contributed by atoms with Gasteiger partial charge in [-0.15, -0.1) is 11.8 Å². The van der Waals surface area contributed by atoms with Crippen LogP contribution < -0.4 is 29.6 Å². The number of methoxy groups -OCH3 is 2. The van der Waals surface area contributed by atoms with E-state index in [2.05, 4.69) is 10.6 Å². The van der Waals surface area contributed by atoms with E-state index in [0.29, 0.717) is 54.0 Å². The van der Waals surface area contributed by atoms with Crippen LogP contribution in [-0.2, 0) is 11.3 Å². The second kappa shape index (κ2) is 11.5. The number of anilines is 1. The molecule has 0 bridgehead atoms. The van der Waals surface area contributed by atoms with Crippen LogP contribution in [0.25, 0.3) is 0 Å². The number of thioether (sulfide) groups is 1. The molecular weight excluding hydrogens is 468 g/mol. The van der Waals surface area contributed by atoms with E-state index in [1.165, 1.54) is 18.9 Å². The van der Waals surface area contributed by atoms with Crippen LogP contribution >= 0.6 is 11.8 Å². The molecule has 0 aromatic heterocycles. The molecule has 4 rings (SSSR count). The molecule has 0 atom stereocenters. The molecule has 0 fully saturated rings. The van der Waals surface area contributed by atoms with Crippen LogP contribution in [0, 0.1) is 0 Å². The first kappa shape index (κ1) is 24.3. The Labute approximate surface area is 207 Å². The lowest BCUT2D eigenvalue weighted by Gasteiger charge is -2.19. The van der Waals surface area contributed by atoms with Gasteiger partial charge in [0.05, 0.1) is 25.5 Å². The average molecular weight is 495 g/mol. The zero-order chi connectivity index (χ0) is 24.6. The SMILES string of the molecule is COc1ccc(NC(=O)CSc2ccccc2C(=O)NCc2ccc3c(c2)OCCO3)cc1OC. The minimum Gasteiger partial charge on any atom is -0.493 e. The molecule has 0 saturated carbocycles.